The van der Waals surface area contributed by atoms with Crippen molar-refractivity contribution >= 4 is 30.2 Å². The maximum Gasteiger partial charge on any atom is 0.326 e. The standard InChI is InChI=1S/C14H17NO3S/c16-11-15-13(14(17)18)8-10-19-9-4-7-12-5-2-1-3-6-12/h1-7,11,13H,8-10H2,(H,15,16)(H,17,18). The van der Waals surface area contributed by atoms with E-state index < -0.39 is 12.0 Å². The predicted octanol–water partition coefficient (Wildman–Crippen LogP) is 2.02. The van der Waals surface area contributed by atoms with Gasteiger partial charge < -0.3 is 10.4 Å². The molecule has 0 aromatic heterocycles. The van der Waals surface area contributed by atoms with Gasteiger partial charge in [0.2, 0.25) is 6.41 Å². The molecule has 0 aliphatic rings. The average Bonchev–Trinajstić information content (AvgIpc) is 2.42. The van der Waals surface area contributed by atoms with Crippen LogP contribution in [0.15, 0.2) is 36.4 Å². The molecule has 1 atom stereocenters. The molecule has 102 valence electrons. The van der Waals surface area contributed by atoms with Crippen LogP contribution in [-0.2, 0) is 9.59 Å². The van der Waals surface area contributed by atoms with Crippen LogP contribution in [0.25, 0.3) is 6.08 Å². The van der Waals surface area contributed by atoms with Gasteiger partial charge in [-0.1, -0.05) is 42.5 Å². The van der Waals surface area contributed by atoms with Gasteiger partial charge >= 0.3 is 5.97 Å². The highest BCUT2D eigenvalue weighted by molar-refractivity contribution is 7.99. The van der Waals surface area contributed by atoms with Crippen molar-refractivity contribution in [3.8, 4) is 0 Å². The minimum Gasteiger partial charge on any atom is -0.480 e. The fraction of sp³-hybridized carbons (Fsp3) is 0.286. The summed E-state index contributed by atoms with van der Waals surface area (Å²) in [5, 5.41) is 11.1. The Morgan fingerprint density at radius 2 is 2.11 bits per heavy atom. The van der Waals surface area contributed by atoms with E-state index in [1.165, 1.54) is 0 Å². The van der Waals surface area contributed by atoms with Crippen LogP contribution in [0.4, 0.5) is 0 Å². The lowest BCUT2D eigenvalue weighted by Crippen LogP contribution is -2.36. The van der Waals surface area contributed by atoms with Gasteiger partial charge in [-0.25, -0.2) is 4.79 Å². The SMILES string of the molecule is O=CNC(CCSCC=Cc1ccccc1)C(=O)O. The first-order chi connectivity index (χ1) is 9.24. The number of amides is 1. The van der Waals surface area contributed by atoms with Crippen molar-refractivity contribution < 1.29 is 14.7 Å². The van der Waals surface area contributed by atoms with Crippen LogP contribution in [-0.4, -0.2) is 35.0 Å². The Morgan fingerprint density at radius 1 is 1.37 bits per heavy atom. The molecule has 0 aliphatic heterocycles. The van der Waals surface area contributed by atoms with Gasteiger partial charge in [0.05, 0.1) is 0 Å². The van der Waals surface area contributed by atoms with Gasteiger partial charge in [0.15, 0.2) is 0 Å². The summed E-state index contributed by atoms with van der Waals surface area (Å²) in [4.78, 5) is 21.0. The maximum atomic E-state index is 10.7. The third kappa shape index (κ3) is 6.67. The Balaban J connectivity index is 2.18. The first-order valence-electron chi connectivity index (χ1n) is 5.96. The van der Waals surface area contributed by atoms with Crippen LogP contribution < -0.4 is 5.32 Å². The summed E-state index contributed by atoms with van der Waals surface area (Å²) < 4.78 is 0. The highest BCUT2D eigenvalue weighted by Crippen LogP contribution is 2.07. The maximum absolute atomic E-state index is 10.7. The number of thioether (sulfide) groups is 1. The van der Waals surface area contributed by atoms with E-state index in [0.717, 1.165) is 11.3 Å². The van der Waals surface area contributed by atoms with Crippen molar-refractivity contribution in [3.05, 3.63) is 42.0 Å². The lowest BCUT2D eigenvalue weighted by atomic mass is 10.2. The molecule has 0 fully saturated rings. The quantitative estimate of drug-likeness (QED) is 0.536. The molecule has 4 nitrogen and oxygen atoms in total. The summed E-state index contributed by atoms with van der Waals surface area (Å²) in [5.41, 5.74) is 1.15. The third-order valence-electron chi connectivity index (χ3n) is 2.44. The van der Waals surface area contributed by atoms with Crippen molar-refractivity contribution in [1.82, 2.24) is 5.32 Å². The van der Waals surface area contributed by atoms with E-state index in [1.807, 2.05) is 42.5 Å². The number of hydrogen-bond donors (Lipinski definition) is 2. The number of carbonyl (C=O) groups is 2. The highest BCUT2D eigenvalue weighted by Gasteiger charge is 2.14. The Labute approximate surface area is 116 Å². The minimum absolute atomic E-state index is 0.428. The molecule has 0 bridgehead atoms. The molecule has 1 rings (SSSR count). The van der Waals surface area contributed by atoms with Crippen LogP contribution in [0.5, 0.6) is 0 Å². The van der Waals surface area contributed by atoms with Crippen molar-refractivity contribution in [2.45, 2.75) is 12.5 Å². The Morgan fingerprint density at radius 3 is 2.74 bits per heavy atom. The van der Waals surface area contributed by atoms with E-state index in [4.69, 9.17) is 5.11 Å². The first-order valence-corrected chi connectivity index (χ1v) is 7.11. The summed E-state index contributed by atoms with van der Waals surface area (Å²) >= 11 is 1.64. The molecule has 0 saturated heterocycles. The van der Waals surface area contributed by atoms with Gasteiger partial charge in [0.1, 0.15) is 6.04 Å². The fourth-order valence-corrected chi connectivity index (χ4v) is 2.26. The molecular weight excluding hydrogens is 262 g/mol. The van der Waals surface area contributed by atoms with Crippen molar-refractivity contribution in [2.24, 2.45) is 0 Å². The smallest absolute Gasteiger partial charge is 0.326 e. The summed E-state index contributed by atoms with van der Waals surface area (Å²) in [6.45, 7) is 0. The molecule has 0 aliphatic carbocycles. The van der Waals surface area contributed by atoms with Gasteiger partial charge in [0, 0.05) is 5.75 Å². The first kappa shape index (κ1) is 15.3. The molecule has 1 aromatic carbocycles. The van der Waals surface area contributed by atoms with Gasteiger partial charge in [-0.05, 0) is 17.7 Å². The van der Waals surface area contributed by atoms with Crippen LogP contribution in [0.2, 0.25) is 0 Å². The van der Waals surface area contributed by atoms with Crippen molar-refractivity contribution in [3.63, 3.8) is 0 Å². The molecule has 19 heavy (non-hydrogen) atoms. The minimum atomic E-state index is -0.993. The molecule has 1 unspecified atom stereocenters. The molecule has 5 heteroatoms. The number of hydrogen-bond acceptors (Lipinski definition) is 3. The normalized spacial score (nSPS) is 12.2. The Bertz CT molecular complexity index is 420. The molecule has 0 heterocycles. The molecule has 1 amide bonds. The number of carbonyl (C=O) groups excluding carboxylic acids is 1. The van der Waals surface area contributed by atoms with E-state index >= 15 is 0 Å². The number of nitrogens with one attached hydrogen (secondary N) is 1. The summed E-state index contributed by atoms with van der Waals surface area (Å²) in [6.07, 6.45) is 4.94. The van der Waals surface area contributed by atoms with Gasteiger partial charge in [-0.2, -0.15) is 11.8 Å². The highest BCUT2D eigenvalue weighted by atomic mass is 32.2. The Kier molecular flexibility index (Phi) is 7.43. The summed E-state index contributed by atoms with van der Waals surface area (Å²) in [6, 6.07) is 9.19. The van der Waals surface area contributed by atoms with E-state index in [9.17, 15) is 9.59 Å². The van der Waals surface area contributed by atoms with E-state index in [2.05, 4.69) is 5.32 Å². The van der Waals surface area contributed by atoms with Crippen LogP contribution in [0, 0.1) is 0 Å². The number of carboxylic acids is 1. The van der Waals surface area contributed by atoms with E-state index in [1.54, 1.807) is 11.8 Å². The number of benzene rings is 1. The Hall–Kier alpha value is -1.75. The molecule has 0 spiro atoms. The van der Waals surface area contributed by atoms with E-state index in [0.29, 0.717) is 18.6 Å². The number of carboxylic acid groups (broad SMARTS) is 1. The molecule has 0 saturated carbocycles. The second-order valence-corrected chi connectivity index (χ2v) is 5.00. The molecule has 2 N–H and O–H groups in total. The summed E-state index contributed by atoms with van der Waals surface area (Å²) in [7, 11) is 0. The third-order valence-corrected chi connectivity index (χ3v) is 3.39. The lowest BCUT2D eigenvalue weighted by molar-refractivity contribution is -0.140. The topological polar surface area (TPSA) is 66.4 Å². The van der Waals surface area contributed by atoms with Crippen LogP contribution in [0.3, 0.4) is 0 Å². The number of aliphatic carboxylic acids is 1. The predicted molar refractivity (Wildman–Crippen MR) is 78.0 cm³/mol. The molecule has 1 aromatic rings. The zero-order valence-corrected chi connectivity index (χ0v) is 11.3. The van der Waals surface area contributed by atoms with Gasteiger partial charge in [0.25, 0.3) is 0 Å². The lowest BCUT2D eigenvalue weighted by Gasteiger charge is -2.09. The zero-order valence-electron chi connectivity index (χ0n) is 10.5. The largest absolute Gasteiger partial charge is 0.480 e. The fourth-order valence-electron chi connectivity index (χ4n) is 1.46. The van der Waals surface area contributed by atoms with Gasteiger partial charge in [-0.15, -0.1) is 0 Å². The molecule has 0 radical (unpaired) electrons. The number of rotatable bonds is 9. The van der Waals surface area contributed by atoms with Gasteiger partial charge in [-0.3, -0.25) is 4.79 Å². The average molecular weight is 279 g/mol. The second kappa shape index (κ2) is 9.22. The monoisotopic (exact) mass is 279 g/mol. The second-order valence-electron chi connectivity index (χ2n) is 3.85. The van der Waals surface area contributed by atoms with Crippen LogP contribution >= 0.6 is 11.8 Å². The van der Waals surface area contributed by atoms with Crippen molar-refractivity contribution in [2.75, 3.05) is 11.5 Å². The van der Waals surface area contributed by atoms with Crippen molar-refractivity contribution in [1.29, 1.82) is 0 Å². The molecular formula is C14H17NO3S. The van der Waals surface area contributed by atoms with E-state index in [-0.39, 0.29) is 0 Å². The zero-order chi connectivity index (χ0) is 13.9. The summed E-state index contributed by atoms with van der Waals surface area (Å²) in [5.74, 6) is 0.520. The van der Waals surface area contributed by atoms with Crippen LogP contribution in [0.1, 0.15) is 12.0 Å².